The molecule has 0 spiro atoms. The molecule has 0 aromatic heterocycles. The van der Waals surface area contributed by atoms with Crippen molar-refractivity contribution in [2.75, 3.05) is 6.54 Å². The molecule has 1 unspecified atom stereocenters. The average Bonchev–Trinajstić information content (AvgIpc) is 3.26. The largest absolute Gasteiger partial charge is 0.348 e. The molecular weight excluding hydrogens is 517 g/mol. The van der Waals surface area contributed by atoms with Crippen molar-refractivity contribution in [3.63, 3.8) is 0 Å². The molecule has 1 saturated heterocycles. The highest BCUT2D eigenvalue weighted by Gasteiger charge is 2.47. The molecule has 2 aromatic rings. The van der Waals surface area contributed by atoms with Crippen LogP contribution in [-0.4, -0.2) is 41.0 Å². The average molecular weight is 550 g/mol. The molecule has 1 fully saturated rings. The molecule has 1 aliphatic carbocycles. The number of nitrogens with one attached hydrogen (secondary N) is 2. The Bertz CT molecular complexity index is 1210. The maximum Gasteiger partial charge on any atom is 0.275 e. The number of nitrogens with zero attached hydrogens (tertiary/aromatic N) is 1. The van der Waals surface area contributed by atoms with E-state index in [2.05, 4.69) is 17.2 Å². The van der Waals surface area contributed by atoms with Gasteiger partial charge in [-0.05, 0) is 48.3 Å². The van der Waals surface area contributed by atoms with Gasteiger partial charge in [-0.3, -0.25) is 9.59 Å². The molecule has 1 aliphatic heterocycles. The first-order chi connectivity index (χ1) is 17.9. The Kier molecular flexibility index (Phi) is 8.17. The van der Waals surface area contributed by atoms with Crippen LogP contribution < -0.4 is 10.6 Å². The summed E-state index contributed by atoms with van der Waals surface area (Å²) in [6.07, 6.45) is 1.64. The van der Waals surface area contributed by atoms with E-state index in [4.69, 9.17) is 0 Å². The lowest BCUT2D eigenvalue weighted by molar-refractivity contribution is -0.136. The summed E-state index contributed by atoms with van der Waals surface area (Å²) in [5.41, 5.74) is -0.842. The number of carbonyl (C=O) groups is 2. The predicted molar refractivity (Wildman–Crippen MR) is 140 cm³/mol. The molecule has 2 aromatic carbocycles. The van der Waals surface area contributed by atoms with Gasteiger partial charge < -0.3 is 15.5 Å². The molecule has 5 nitrogen and oxygen atoms in total. The third-order valence-corrected chi connectivity index (χ3v) is 7.36. The summed E-state index contributed by atoms with van der Waals surface area (Å²) in [5, 5.41) is 5.25. The molecule has 2 N–H and O–H groups in total. The van der Waals surface area contributed by atoms with Crippen LogP contribution in [0.5, 0.6) is 0 Å². The second-order valence-corrected chi connectivity index (χ2v) is 11.4. The summed E-state index contributed by atoms with van der Waals surface area (Å²) < 4.78 is 56.2. The van der Waals surface area contributed by atoms with E-state index in [0.29, 0.717) is 31.0 Å². The molecule has 2 aliphatic rings. The van der Waals surface area contributed by atoms with Gasteiger partial charge in [-0.15, -0.1) is 0 Å². The first kappa shape index (κ1) is 28.1. The van der Waals surface area contributed by atoms with Crippen LogP contribution in [0.4, 0.5) is 17.6 Å². The van der Waals surface area contributed by atoms with Crippen molar-refractivity contribution in [2.24, 2.45) is 11.8 Å². The number of carbonyl (C=O) groups excluding carboxylic acids is 2. The highest BCUT2D eigenvalue weighted by Crippen LogP contribution is 2.39. The van der Waals surface area contributed by atoms with E-state index in [1.54, 1.807) is 0 Å². The first-order valence-electron chi connectivity index (χ1n) is 12.6. The molecule has 4 rings (SSSR count). The van der Waals surface area contributed by atoms with Crippen LogP contribution in [0.25, 0.3) is 0 Å². The molecule has 2 amide bonds. The van der Waals surface area contributed by atoms with Crippen LogP contribution >= 0.6 is 9.24 Å². The number of halogens is 4. The van der Waals surface area contributed by atoms with Gasteiger partial charge in [0.15, 0.2) is 0 Å². The fourth-order valence-corrected chi connectivity index (χ4v) is 5.60. The van der Waals surface area contributed by atoms with Crippen LogP contribution in [0, 0.1) is 23.5 Å². The summed E-state index contributed by atoms with van der Waals surface area (Å²) >= 11 is 0. The number of benzene rings is 2. The molecular formula is C28H32F4N3O2P. The van der Waals surface area contributed by atoms with Crippen molar-refractivity contribution < 1.29 is 27.2 Å². The van der Waals surface area contributed by atoms with E-state index in [-0.39, 0.29) is 23.3 Å². The Balaban J connectivity index is 1.77. The number of fused-ring (bicyclic) bond motifs is 1. The second kappa shape index (κ2) is 11.0. The number of amides is 2. The van der Waals surface area contributed by atoms with Gasteiger partial charge in [-0.25, -0.2) is 17.6 Å². The Morgan fingerprint density at radius 2 is 1.82 bits per heavy atom. The van der Waals surface area contributed by atoms with E-state index in [9.17, 15) is 22.8 Å². The molecule has 204 valence electrons. The van der Waals surface area contributed by atoms with Crippen LogP contribution in [0.3, 0.4) is 0 Å². The molecule has 0 radical (unpaired) electrons. The molecule has 0 saturated carbocycles. The molecule has 38 heavy (non-hydrogen) atoms. The van der Waals surface area contributed by atoms with Crippen LogP contribution in [0.1, 0.15) is 43.0 Å². The lowest BCUT2D eigenvalue weighted by Crippen LogP contribution is -2.62. The van der Waals surface area contributed by atoms with Gasteiger partial charge in [-0.2, -0.15) is 0 Å². The van der Waals surface area contributed by atoms with Crippen LogP contribution in [-0.2, 0) is 22.4 Å². The number of rotatable bonds is 8. The standard InChI is InChI=1S/C28H32F4N3O2P/c1-15(2)10-23-26(36)34-24(19-11-17-6-4-5-7-18(17)12-19)16(3)35(23)25(27(37)33-14-28(31,32)38)21-9-8-20(29)13-22(21)30/h4-9,13,15,19,23-25H,3,10-12,14,38H2,1-2H3,(H,33,37)(H,34,36)/t23-,24+,25-/m1/s1. The first-order valence-corrected chi connectivity index (χ1v) is 13.2. The number of hydrogen-bond donors (Lipinski definition) is 2. The minimum atomic E-state index is -3.30. The van der Waals surface area contributed by atoms with Gasteiger partial charge in [-0.1, -0.05) is 60.0 Å². The maximum absolute atomic E-state index is 15.2. The van der Waals surface area contributed by atoms with Crippen molar-refractivity contribution in [1.82, 2.24) is 15.5 Å². The Morgan fingerprint density at radius 1 is 1.18 bits per heavy atom. The summed E-state index contributed by atoms with van der Waals surface area (Å²) in [6, 6.07) is 7.68. The Hall–Kier alpha value is -2.93. The van der Waals surface area contributed by atoms with Crippen molar-refractivity contribution >= 4 is 21.1 Å². The van der Waals surface area contributed by atoms with Gasteiger partial charge in [0.1, 0.15) is 23.7 Å². The van der Waals surface area contributed by atoms with Gasteiger partial charge in [0.2, 0.25) is 11.8 Å². The minimum absolute atomic E-state index is 0.00601. The van der Waals surface area contributed by atoms with E-state index in [1.807, 2.05) is 38.1 Å². The fraction of sp³-hybridized carbons (Fsp3) is 0.429. The zero-order valence-electron chi connectivity index (χ0n) is 21.3. The summed E-state index contributed by atoms with van der Waals surface area (Å²) in [6.45, 7) is 7.03. The summed E-state index contributed by atoms with van der Waals surface area (Å²) in [7, 11) is 1.34. The third-order valence-electron chi connectivity index (χ3n) is 7.16. The summed E-state index contributed by atoms with van der Waals surface area (Å²) in [4.78, 5) is 28.5. The van der Waals surface area contributed by atoms with E-state index < -0.39 is 47.9 Å². The second-order valence-electron chi connectivity index (χ2n) is 10.5. The van der Waals surface area contributed by atoms with Crippen molar-refractivity contribution in [1.29, 1.82) is 0 Å². The monoisotopic (exact) mass is 549 g/mol. The van der Waals surface area contributed by atoms with Crippen molar-refractivity contribution in [2.45, 2.75) is 56.9 Å². The lowest BCUT2D eigenvalue weighted by Gasteiger charge is -2.48. The highest BCUT2D eigenvalue weighted by molar-refractivity contribution is 7.18. The fourth-order valence-electron chi connectivity index (χ4n) is 5.49. The highest BCUT2D eigenvalue weighted by atomic mass is 31.0. The van der Waals surface area contributed by atoms with Crippen LogP contribution in [0.2, 0.25) is 0 Å². The van der Waals surface area contributed by atoms with Gasteiger partial charge in [0.05, 0.1) is 12.6 Å². The van der Waals surface area contributed by atoms with Crippen molar-refractivity contribution in [3.8, 4) is 0 Å². The normalized spacial score (nSPS) is 20.9. The zero-order valence-corrected chi connectivity index (χ0v) is 22.5. The minimum Gasteiger partial charge on any atom is -0.348 e. The SMILES string of the molecule is C=C1[C@@H](C2Cc3ccccc3C2)NC(=O)[C@@H](CC(C)C)N1[C@@H](C(=O)NCC(F)(F)P)c1ccc(F)cc1F. The zero-order chi connectivity index (χ0) is 27.8. The molecule has 0 bridgehead atoms. The molecule has 4 atom stereocenters. The van der Waals surface area contributed by atoms with Gasteiger partial charge in [0, 0.05) is 17.3 Å². The summed E-state index contributed by atoms with van der Waals surface area (Å²) in [5.74, 6) is -3.22. The topological polar surface area (TPSA) is 61.4 Å². The predicted octanol–water partition coefficient (Wildman–Crippen LogP) is 4.73. The van der Waals surface area contributed by atoms with Crippen molar-refractivity contribution in [3.05, 3.63) is 83.1 Å². The quantitative estimate of drug-likeness (QED) is 0.370. The third kappa shape index (κ3) is 6.04. The molecule has 1 heterocycles. The van der Waals surface area contributed by atoms with E-state index >= 15 is 4.39 Å². The smallest absolute Gasteiger partial charge is 0.275 e. The van der Waals surface area contributed by atoms with E-state index in [0.717, 1.165) is 23.3 Å². The lowest BCUT2D eigenvalue weighted by atomic mass is 9.86. The van der Waals surface area contributed by atoms with E-state index in [1.165, 1.54) is 14.1 Å². The van der Waals surface area contributed by atoms with Crippen LogP contribution in [0.15, 0.2) is 54.7 Å². The van der Waals surface area contributed by atoms with Gasteiger partial charge >= 0.3 is 0 Å². The number of piperazine rings is 1. The Morgan fingerprint density at radius 3 is 2.37 bits per heavy atom. The van der Waals surface area contributed by atoms with Gasteiger partial charge in [0.25, 0.3) is 5.66 Å². The molecule has 10 heteroatoms. The Labute approximate surface area is 222 Å². The number of alkyl halides is 2. The maximum atomic E-state index is 15.2. The number of hydrogen-bond acceptors (Lipinski definition) is 3.